The summed E-state index contributed by atoms with van der Waals surface area (Å²) in [5.74, 6) is 4.84. The number of carbonyl (C=O) groups excluding carboxylic acids is 2. The molecular weight excluding hydrogens is 420 g/mol. The van der Waals surface area contributed by atoms with Crippen molar-refractivity contribution in [2.45, 2.75) is 20.0 Å². The number of hydrogen-bond acceptors (Lipinski definition) is 7. The van der Waals surface area contributed by atoms with Gasteiger partial charge < -0.3 is 14.7 Å². The summed E-state index contributed by atoms with van der Waals surface area (Å²) in [6, 6.07) is 12.2. The Morgan fingerprint density at radius 3 is 2.55 bits per heavy atom. The molecule has 0 saturated heterocycles. The quantitative estimate of drug-likeness (QED) is 0.460. The Morgan fingerprint density at radius 1 is 1.09 bits per heavy atom. The first-order valence-corrected chi connectivity index (χ1v) is 10.4. The number of rotatable bonds is 6. The summed E-state index contributed by atoms with van der Waals surface area (Å²) in [5, 5.41) is 10.0. The summed E-state index contributed by atoms with van der Waals surface area (Å²) in [7, 11) is 1.60. The lowest BCUT2D eigenvalue weighted by Crippen LogP contribution is -2.35. The van der Waals surface area contributed by atoms with Gasteiger partial charge in [-0.2, -0.15) is 0 Å². The highest BCUT2D eigenvalue weighted by molar-refractivity contribution is 5.90. The van der Waals surface area contributed by atoms with Crippen molar-refractivity contribution in [1.29, 1.82) is 0 Å². The predicted molar refractivity (Wildman–Crippen MR) is 123 cm³/mol. The Kier molecular flexibility index (Phi) is 7.84. The molecule has 168 valence electrons. The van der Waals surface area contributed by atoms with Crippen molar-refractivity contribution in [3.8, 4) is 34.5 Å². The van der Waals surface area contributed by atoms with Gasteiger partial charge in [0.1, 0.15) is 5.69 Å². The van der Waals surface area contributed by atoms with E-state index in [1.807, 2.05) is 13.0 Å². The number of pyridine rings is 1. The first-order chi connectivity index (χ1) is 15.9. The predicted octanol–water partition coefficient (Wildman–Crippen LogP) is 2.57. The number of hydrogen-bond donors (Lipinski definition) is 1. The molecule has 0 aliphatic rings. The number of ether oxygens (including phenoxy) is 1. The smallest absolute Gasteiger partial charge is 0.356 e. The lowest BCUT2D eigenvalue weighted by molar-refractivity contribution is -0.135. The molecule has 0 saturated carbocycles. The van der Waals surface area contributed by atoms with Crippen LogP contribution in [0.5, 0.6) is 0 Å². The van der Waals surface area contributed by atoms with Crippen LogP contribution in [0.3, 0.4) is 0 Å². The van der Waals surface area contributed by atoms with Crippen LogP contribution in [0.25, 0.3) is 22.6 Å². The number of nitrogens with zero attached hydrogens (tertiary/aromatic N) is 4. The molecule has 0 aliphatic carbocycles. The van der Waals surface area contributed by atoms with Crippen LogP contribution < -0.4 is 0 Å². The van der Waals surface area contributed by atoms with Crippen LogP contribution in [0.15, 0.2) is 54.9 Å². The van der Waals surface area contributed by atoms with E-state index in [-0.39, 0.29) is 12.3 Å². The zero-order valence-electron chi connectivity index (χ0n) is 18.6. The maximum absolute atomic E-state index is 12.4. The van der Waals surface area contributed by atoms with E-state index < -0.39 is 18.0 Å². The number of aliphatic hydroxyl groups is 1. The summed E-state index contributed by atoms with van der Waals surface area (Å²) in [6.45, 7) is 4.24. The molecule has 0 fully saturated rings. The van der Waals surface area contributed by atoms with Crippen LogP contribution in [0, 0.1) is 11.8 Å². The largest absolute Gasteiger partial charge is 0.461 e. The average Bonchev–Trinajstić information content (AvgIpc) is 2.86. The van der Waals surface area contributed by atoms with E-state index in [4.69, 9.17) is 4.74 Å². The molecule has 8 nitrogen and oxygen atoms in total. The molecule has 0 spiro atoms. The molecule has 0 radical (unpaired) electrons. The van der Waals surface area contributed by atoms with Crippen LogP contribution in [0.1, 0.15) is 29.9 Å². The Balaban J connectivity index is 1.99. The normalized spacial score (nSPS) is 11.2. The highest BCUT2D eigenvalue weighted by Crippen LogP contribution is 2.25. The van der Waals surface area contributed by atoms with E-state index in [2.05, 4.69) is 26.8 Å². The molecule has 3 rings (SSSR count). The molecule has 3 aromatic rings. The van der Waals surface area contributed by atoms with Crippen molar-refractivity contribution in [3.05, 3.63) is 66.1 Å². The number of amides is 1. The maximum Gasteiger partial charge on any atom is 0.356 e. The molecule has 1 atom stereocenters. The molecule has 2 aromatic heterocycles. The van der Waals surface area contributed by atoms with Gasteiger partial charge in [0.2, 0.25) is 0 Å². The number of likely N-dealkylation sites (N-methyl/N-ethyl adjacent to an activating group) is 1. The van der Waals surface area contributed by atoms with Gasteiger partial charge in [-0.25, -0.2) is 19.7 Å². The van der Waals surface area contributed by atoms with Crippen molar-refractivity contribution in [2.75, 3.05) is 20.2 Å². The van der Waals surface area contributed by atoms with Crippen molar-refractivity contribution in [2.24, 2.45) is 0 Å². The van der Waals surface area contributed by atoms with E-state index in [0.29, 0.717) is 34.8 Å². The summed E-state index contributed by atoms with van der Waals surface area (Å²) in [5.41, 5.74) is 2.53. The minimum atomic E-state index is -1.41. The maximum atomic E-state index is 12.4. The number of esters is 1. The molecule has 0 bridgehead atoms. The van der Waals surface area contributed by atoms with Gasteiger partial charge in [-0.3, -0.25) is 4.79 Å². The van der Waals surface area contributed by atoms with Gasteiger partial charge >= 0.3 is 5.97 Å². The standard InChI is InChI=1S/C25H24N4O4/c1-4-29(3)24(31)22(30)11-10-17-8-6-9-18(14-17)20-15-19(23-26-12-7-13-27-23)16-21(28-20)25(32)33-5-2/h6-9,12-16,22,30H,4-5H2,1-3H3/t22-/m1/s1. The van der Waals surface area contributed by atoms with Crippen molar-refractivity contribution in [3.63, 3.8) is 0 Å². The monoisotopic (exact) mass is 444 g/mol. The van der Waals surface area contributed by atoms with E-state index >= 15 is 0 Å². The van der Waals surface area contributed by atoms with Crippen molar-refractivity contribution < 1.29 is 19.4 Å². The van der Waals surface area contributed by atoms with Crippen LogP contribution >= 0.6 is 0 Å². The van der Waals surface area contributed by atoms with Gasteiger partial charge in [0, 0.05) is 42.7 Å². The number of carbonyl (C=O) groups is 2. The number of aromatic nitrogens is 3. The Morgan fingerprint density at radius 2 is 1.85 bits per heavy atom. The molecule has 1 N–H and O–H groups in total. The molecule has 1 aromatic carbocycles. The van der Waals surface area contributed by atoms with Crippen molar-refractivity contribution in [1.82, 2.24) is 19.9 Å². The first kappa shape index (κ1) is 23.6. The van der Waals surface area contributed by atoms with Crippen LogP contribution in [0.2, 0.25) is 0 Å². The summed E-state index contributed by atoms with van der Waals surface area (Å²) < 4.78 is 5.12. The van der Waals surface area contributed by atoms with Gasteiger partial charge in [-0.1, -0.05) is 24.0 Å². The second-order valence-corrected chi connectivity index (χ2v) is 7.02. The Labute approximate surface area is 192 Å². The minimum Gasteiger partial charge on any atom is -0.461 e. The fraction of sp³-hybridized carbons (Fsp3) is 0.240. The third-order valence-electron chi connectivity index (χ3n) is 4.73. The van der Waals surface area contributed by atoms with E-state index in [1.54, 1.807) is 62.8 Å². The van der Waals surface area contributed by atoms with E-state index in [0.717, 1.165) is 0 Å². The summed E-state index contributed by atoms with van der Waals surface area (Å²) >= 11 is 0. The van der Waals surface area contributed by atoms with Gasteiger partial charge in [-0.15, -0.1) is 0 Å². The molecule has 2 heterocycles. The fourth-order valence-corrected chi connectivity index (χ4v) is 2.90. The Hall–Kier alpha value is -4.09. The topological polar surface area (TPSA) is 106 Å². The van der Waals surface area contributed by atoms with Gasteiger partial charge in [0.05, 0.1) is 12.3 Å². The van der Waals surface area contributed by atoms with E-state index in [9.17, 15) is 14.7 Å². The number of aliphatic hydroxyl groups excluding tert-OH is 1. The van der Waals surface area contributed by atoms with E-state index in [1.165, 1.54) is 4.90 Å². The number of benzene rings is 1. The highest BCUT2D eigenvalue weighted by atomic mass is 16.5. The summed E-state index contributed by atoms with van der Waals surface area (Å²) in [4.78, 5) is 38.8. The van der Waals surface area contributed by atoms with Gasteiger partial charge in [0.15, 0.2) is 11.9 Å². The third kappa shape index (κ3) is 5.99. The lowest BCUT2D eigenvalue weighted by atomic mass is 10.0. The molecule has 8 heteroatoms. The molecule has 0 unspecified atom stereocenters. The minimum absolute atomic E-state index is 0.136. The zero-order valence-corrected chi connectivity index (χ0v) is 18.6. The molecule has 0 aliphatic heterocycles. The second-order valence-electron chi connectivity index (χ2n) is 7.02. The average molecular weight is 444 g/mol. The first-order valence-electron chi connectivity index (χ1n) is 10.4. The lowest BCUT2D eigenvalue weighted by Gasteiger charge is -2.15. The van der Waals surface area contributed by atoms with Crippen LogP contribution in [-0.4, -0.2) is 63.1 Å². The fourth-order valence-electron chi connectivity index (χ4n) is 2.90. The van der Waals surface area contributed by atoms with Crippen LogP contribution in [-0.2, 0) is 9.53 Å². The van der Waals surface area contributed by atoms with Gasteiger partial charge in [-0.05, 0) is 44.2 Å². The summed E-state index contributed by atoms with van der Waals surface area (Å²) in [6.07, 6.45) is 1.82. The third-order valence-corrected chi connectivity index (χ3v) is 4.73. The Bertz CT molecular complexity index is 1200. The zero-order chi connectivity index (χ0) is 23.8. The second kappa shape index (κ2) is 11.0. The molecule has 1 amide bonds. The van der Waals surface area contributed by atoms with Crippen molar-refractivity contribution >= 4 is 11.9 Å². The molecular formula is C25H24N4O4. The highest BCUT2D eigenvalue weighted by Gasteiger charge is 2.16. The SMILES string of the molecule is CCOC(=O)c1cc(-c2ncccn2)cc(-c2cccc(C#C[C@@H](O)C(=O)N(C)CC)c2)n1. The molecule has 33 heavy (non-hydrogen) atoms. The van der Waals surface area contributed by atoms with Crippen LogP contribution in [0.4, 0.5) is 0 Å². The van der Waals surface area contributed by atoms with Gasteiger partial charge in [0.25, 0.3) is 5.91 Å².